The molecular formula is C16H26N4O3. The van der Waals surface area contributed by atoms with Crippen LogP contribution in [0.3, 0.4) is 0 Å². The second kappa shape index (κ2) is 6.47. The van der Waals surface area contributed by atoms with Crippen LogP contribution in [0, 0.1) is 12.3 Å². The summed E-state index contributed by atoms with van der Waals surface area (Å²) in [6.45, 7) is 10.2. The minimum absolute atomic E-state index is 0.0000359. The Morgan fingerprint density at radius 3 is 2.61 bits per heavy atom. The monoisotopic (exact) mass is 322 g/mol. The van der Waals surface area contributed by atoms with Crippen molar-refractivity contribution in [1.82, 2.24) is 19.9 Å². The lowest BCUT2D eigenvalue weighted by Gasteiger charge is -2.36. The van der Waals surface area contributed by atoms with Gasteiger partial charge in [0.05, 0.1) is 5.92 Å². The SMILES string of the molecule is CCN(CC)C(=O)N1C[C@H](c2nc(C)no2)C2(CCOCC2)C1. The van der Waals surface area contributed by atoms with E-state index in [0.29, 0.717) is 18.3 Å². The highest BCUT2D eigenvalue weighted by molar-refractivity contribution is 5.75. The van der Waals surface area contributed by atoms with E-state index in [0.717, 1.165) is 45.7 Å². The molecule has 0 radical (unpaired) electrons. The molecule has 2 fully saturated rings. The van der Waals surface area contributed by atoms with Crippen molar-refractivity contribution < 1.29 is 14.1 Å². The Hall–Kier alpha value is -1.63. The largest absolute Gasteiger partial charge is 0.381 e. The summed E-state index contributed by atoms with van der Waals surface area (Å²) in [6.07, 6.45) is 1.86. The van der Waals surface area contributed by atoms with E-state index >= 15 is 0 Å². The predicted octanol–water partition coefficient (Wildman–Crippen LogP) is 2.04. The molecule has 0 aromatic carbocycles. The van der Waals surface area contributed by atoms with E-state index in [1.165, 1.54) is 0 Å². The first-order valence-corrected chi connectivity index (χ1v) is 8.51. The third-order valence-electron chi connectivity index (χ3n) is 5.28. The van der Waals surface area contributed by atoms with Gasteiger partial charge < -0.3 is 19.1 Å². The standard InChI is InChI=1S/C16H26N4O3/c1-4-19(5-2)15(21)20-10-13(14-17-12(3)18-23-14)16(11-20)6-8-22-9-7-16/h13H,4-11H2,1-3H3/t13-/m1/s1. The van der Waals surface area contributed by atoms with E-state index < -0.39 is 0 Å². The summed E-state index contributed by atoms with van der Waals surface area (Å²) in [6, 6.07) is 0.111. The molecule has 1 atom stereocenters. The summed E-state index contributed by atoms with van der Waals surface area (Å²) in [5, 5.41) is 3.95. The van der Waals surface area contributed by atoms with Gasteiger partial charge in [-0.2, -0.15) is 4.98 Å². The minimum atomic E-state index is 0.0000359. The van der Waals surface area contributed by atoms with Crippen LogP contribution in [0.2, 0.25) is 0 Å². The molecule has 1 aromatic heterocycles. The first-order valence-electron chi connectivity index (χ1n) is 8.51. The fraction of sp³-hybridized carbons (Fsp3) is 0.812. The van der Waals surface area contributed by atoms with E-state index in [4.69, 9.17) is 9.26 Å². The quantitative estimate of drug-likeness (QED) is 0.851. The molecule has 128 valence electrons. The van der Waals surface area contributed by atoms with E-state index in [-0.39, 0.29) is 17.4 Å². The summed E-state index contributed by atoms with van der Waals surface area (Å²) in [7, 11) is 0. The van der Waals surface area contributed by atoms with Crippen molar-refractivity contribution in [3.8, 4) is 0 Å². The average Bonchev–Trinajstić information content (AvgIpc) is 3.13. The lowest BCUT2D eigenvalue weighted by molar-refractivity contribution is 0.00896. The van der Waals surface area contributed by atoms with Crippen LogP contribution in [0.1, 0.15) is 44.3 Å². The Bertz CT molecular complexity index is 549. The number of hydrogen-bond acceptors (Lipinski definition) is 5. The molecular weight excluding hydrogens is 296 g/mol. The molecule has 1 aromatic rings. The Balaban J connectivity index is 1.86. The first kappa shape index (κ1) is 16.2. The van der Waals surface area contributed by atoms with Crippen LogP contribution in [0.5, 0.6) is 0 Å². The highest BCUT2D eigenvalue weighted by Crippen LogP contribution is 2.49. The van der Waals surface area contributed by atoms with Crippen molar-refractivity contribution >= 4 is 6.03 Å². The summed E-state index contributed by atoms with van der Waals surface area (Å²) in [4.78, 5) is 21.1. The highest BCUT2D eigenvalue weighted by atomic mass is 16.5. The van der Waals surface area contributed by atoms with Crippen molar-refractivity contribution in [3.05, 3.63) is 11.7 Å². The number of carbonyl (C=O) groups is 1. The van der Waals surface area contributed by atoms with Gasteiger partial charge in [-0.05, 0) is 33.6 Å². The van der Waals surface area contributed by atoms with E-state index in [9.17, 15) is 4.79 Å². The molecule has 3 rings (SSSR count). The molecule has 2 aliphatic rings. The van der Waals surface area contributed by atoms with Gasteiger partial charge in [-0.25, -0.2) is 4.79 Å². The number of aromatic nitrogens is 2. The zero-order valence-electron chi connectivity index (χ0n) is 14.2. The maximum absolute atomic E-state index is 12.8. The molecule has 2 aliphatic heterocycles. The van der Waals surface area contributed by atoms with Crippen molar-refractivity contribution in [2.75, 3.05) is 39.4 Å². The van der Waals surface area contributed by atoms with Gasteiger partial charge in [0.2, 0.25) is 5.89 Å². The fourth-order valence-electron chi connectivity index (χ4n) is 3.89. The lowest BCUT2D eigenvalue weighted by atomic mass is 9.72. The number of aryl methyl sites for hydroxylation is 1. The Morgan fingerprint density at radius 2 is 2.04 bits per heavy atom. The molecule has 0 bridgehead atoms. The maximum Gasteiger partial charge on any atom is 0.320 e. The number of amides is 2. The van der Waals surface area contributed by atoms with Crippen LogP contribution >= 0.6 is 0 Å². The molecule has 23 heavy (non-hydrogen) atoms. The second-order valence-corrected chi connectivity index (χ2v) is 6.54. The molecule has 7 heteroatoms. The van der Waals surface area contributed by atoms with E-state index in [2.05, 4.69) is 10.1 Å². The van der Waals surface area contributed by atoms with Gasteiger partial charge in [0.25, 0.3) is 0 Å². The number of urea groups is 1. The maximum atomic E-state index is 12.8. The number of carbonyl (C=O) groups excluding carboxylic acids is 1. The first-order chi connectivity index (χ1) is 11.1. The molecule has 1 spiro atoms. The predicted molar refractivity (Wildman–Crippen MR) is 84.2 cm³/mol. The van der Waals surface area contributed by atoms with Crippen molar-refractivity contribution in [2.24, 2.45) is 5.41 Å². The van der Waals surface area contributed by atoms with Gasteiger partial charge in [-0.1, -0.05) is 5.16 Å². The molecule has 7 nitrogen and oxygen atoms in total. The molecule has 0 saturated carbocycles. The van der Waals surface area contributed by atoms with Crippen molar-refractivity contribution in [1.29, 1.82) is 0 Å². The zero-order valence-corrected chi connectivity index (χ0v) is 14.2. The van der Waals surface area contributed by atoms with Crippen LogP contribution < -0.4 is 0 Å². The van der Waals surface area contributed by atoms with Crippen LogP contribution in [0.4, 0.5) is 4.79 Å². The Labute approximate surface area is 137 Å². The van der Waals surface area contributed by atoms with Crippen LogP contribution in [0.25, 0.3) is 0 Å². The molecule has 0 N–H and O–H groups in total. The Kier molecular flexibility index (Phi) is 4.57. The number of likely N-dealkylation sites (tertiary alicyclic amines) is 1. The van der Waals surface area contributed by atoms with Gasteiger partial charge in [-0.15, -0.1) is 0 Å². The molecule has 0 unspecified atom stereocenters. The van der Waals surface area contributed by atoms with Gasteiger partial charge in [0.1, 0.15) is 0 Å². The smallest absolute Gasteiger partial charge is 0.320 e. The normalized spacial score (nSPS) is 23.4. The minimum Gasteiger partial charge on any atom is -0.381 e. The fourth-order valence-corrected chi connectivity index (χ4v) is 3.89. The van der Waals surface area contributed by atoms with E-state index in [1.54, 1.807) is 0 Å². The second-order valence-electron chi connectivity index (χ2n) is 6.54. The molecule has 2 amide bonds. The Morgan fingerprint density at radius 1 is 1.35 bits per heavy atom. The summed E-state index contributed by atoms with van der Waals surface area (Å²) in [5.74, 6) is 1.42. The average molecular weight is 322 g/mol. The van der Waals surface area contributed by atoms with Gasteiger partial charge in [0, 0.05) is 44.8 Å². The molecule has 2 saturated heterocycles. The van der Waals surface area contributed by atoms with E-state index in [1.807, 2.05) is 30.6 Å². The summed E-state index contributed by atoms with van der Waals surface area (Å²) < 4.78 is 11.0. The number of rotatable bonds is 3. The number of hydrogen-bond donors (Lipinski definition) is 0. The third kappa shape index (κ3) is 2.94. The van der Waals surface area contributed by atoms with Crippen LogP contribution in [-0.4, -0.2) is 65.4 Å². The van der Waals surface area contributed by atoms with Gasteiger partial charge >= 0.3 is 6.03 Å². The number of ether oxygens (including phenoxy) is 1. The third-order valence-corrected chi connectivity index (χ3v) is 5.28. The highest BCUT2D eigenvalue weighted by Gasteiger charge is 2.52. The van der Waals surface area contributed by atoms with Crippen LogP contribution in [0.15, 0.2) is 4.52 Å². The van der Waals surface area contributed by atoms with Crippen molar-refractivity contribution in [3.63, 3.8) is 0 Å². The number of nitrogens with zero attached hydrogens (tertiary/aromatic N) is 4. The molecule has 3 heterocycles. The van der Waals surface area contributed by atoms with Crippen molar-refractivity contribution in [2.45, 2.75) is 39.5 Å². The molecule has 0 aliphatic carbocycles. The van der Waals surface area contributed by atoms with Crippen LogP contribution in [-0.2, 0) is 4.74 Å². The summed E-state index contributed by atoms with van der Waals surface area (Å²) >= 11 is 0. The zero-order chi connectivity index (χ0) is 16.4. The summed E-state index contributed by atoms with van der Waals surface area (Å²) in [5.41, 5.74) is 0.0000359. The lowest BCUT2D eigenvalue weighted by Crippen LogP contribution is -2.43. The topological polar surface area (TPSA) is 71.7 Å². The van der Waals surface area contributed by atoms with Gasteiger partial charge in [-0.3, -0.25) is 0 Å². The van der Waals surface area contributed by atoms with Gasteiger partial charge in [0.15, 0.2) is 5.82 Å².